The molecule has 0 saturated carbocycles. The highest BCUT2D eigenvalue weighted by atomic mass is 127. The molecule has 6 nitrogen and oxygen atoms in total. The fourth-order valence-electron chi connectivity index (χ4n) is 2.76. The first-order valence-corrected chi connectivity index (χ1v) is 10.1. The zero-order valence-corrected chi connectivity index (χ0v) is 18.5. The van der Waals surface area contributed by atoms with E-state index in [0.717, 1.165) is 20.4 Å². The molecule has 0 fully saturated rings. The number of benzene rings is 2. The molecule has 1 unspecified atom stereocenters. The number of amides is 2. The minimum atomic E-state index is -0.637. The molecule has 2 aromatic rings. The van der Waals surface area contributed by atoms with Crippen molar-refractivity contribution in [3.8, 4) is 5.75 Å². The van der Waals surface area contributed by atoms with Crippen molar-refractivity contribution in [1.82, 2.24) is 15.5 Å². The van der Waals surface area contributed by atoms with E-state index in [1.54, 1.807) is 21.2 Å². The van der Waals surface area contributed by atoms with E-state index in [4.69, 9.17) is 4.74 Å². The lowest BCUT2D eigenvalue weighted by Gasteiger charge is -2.23. The van der Waals surface area contributed by atoms with E-state index in [9.17, 15) is 9.59 Å². The van der Waals surface area contributed by atoms with Gasteiger partial charge in [0.2, 0.25) is 11.8 Å². The van der Waals surface area contributed by atoms with Crippen molar-refractivity contribution >= 4 is 34.4 Å². The van der Waals surface area contributed by atoms with Crippen molar-refractivity contribution in [2.75, 3.05) is 27.7 Å². The number of ether oxygens (including phenoxy) is 1. The van der Waals surface area contributed by atoms with Crippen molar-refractivity contribution in [3.63, 3.8) is 0 Å². The molecular weight excluding hydrogens is 469 g/mol. The van der Waals surface area contributed by atoms with Gasteiger partial charge in [0, 0.05) is 27.1 Å². The number of halogens is 1. The number of rotatable bonds is 9. The van der Waals surface area contributed by atoms with Crippen LogP contribution in [0.4, 0.5) is 0 Å². The molecule has 0 heterocycles. The zero-order chi connectivity index (χ0) is 20.5. The van der Waals surface area contributed by atoms with Crippen molar-refractivity contribution < 1.29 is 14.3 Å². The largest absolute Gasteiger partial charge is 0.496 e. The highest BCUT2D eigenvalue weighted by Crippen LogP contribution is 2.25. The van der Waals surface area contributed by atoms with Gasteiger partial charge in [-0.05, 0) is 39.8 Å². The predicted molar refractivity (Wildman–Crippen MR) is 118 cm³/mol. The van der Waals surface area contributed by atoms with Crippen LogP contribution in [0.3, 0.4) is 0 Å². The van der Waals surface area contributed by atoms with Crippen LogP contribution in [-0.2, 0) is 22.6 Å². The summed E-state index contributed by atoms with van der Waals surface area (Å²) < 4.78 is 6.29. The molecule has 0 aliphatic carbocycles. The quantitative estimate of drug-likeness (QED) is 0.524. The van der Waals surface area contributed by atoms with Gasteiger partial charge in [0.25, 0.3) is 0 Å². The third-order valence-electron chi connectivity index (χ3n) is 4.22. The minimum absolute atomic E-state index is 0.140. The topological polar surface area (TPSA) is 70.7 Å². The van der Waals surface area contributed by atoms with Gasteiger partial charge < -0.3 is 20.3 Å². The third-order valence-corrected chi connectivity index (χ3v) is 5.44. The average molecular weight is 495 g/mol. The van der Waals surface area contributed by atoms with E-state index in [0.29, 0.717) is 13.0 Å². The molecule has 2 amide bonds. The summed E-state index contributed by atoms with van der Waals surface area (Å²) in [4.78, 5) is 26.5. The molecule has 0 saturated heterocycles. The van der Waals surface area contributed by atoms with Crippen LogP contribution in [0.1, 0.15) is 11.1 Å². The first kappa shape index (κ1) is 22.2. The second-order valence-corrected chi connectivity index (χ2v) is 7.66. The van der Waals surface area contributed by atoms with Crippen LogP contribution in [0.15, 0.2) is 48.5 Å². The highest BCUT2D eigenvalue weighted by Gasteiger charge is 2.24. The molecule has 2 aromatic carbocycles. The van der Waals surface area contributed by atoms with E-state index in [2.05, 4.69) is 33.2 Å². The maximum absolute atomic E-state index is 12.6. The Morgan fingerprint density at radius 3 is 2.46 bits per heavy atom. The Labute approximate surface area is 179 Å². The van der Waals surface area contributed by atoms with Gasteiger partial charge in [-0.15, -0.1) is 0 Å². The Morgan fingerprint density at radius 1 is 1.11 bits per heavy atom. The highest BCUT2D eigenvalue weighted by molar-refractivity contribution is 14.1. The van der Waals surface area contributed by atoms with E-state index >= 15 is 0 Å². The van der Waals surface area contributed by atoms with Crippen LogP contribution in [0, 0.1) is 3.57 Å². The van der Waals surface area contributed by atoms with Gasteiger partial charge in [-0.1, -0.05) is 42.5 Å². The number of hydrogen-bond acceptors (Lipinski definition) is 4. The molecule has 0 radical (unpaired) electrons. The maximum atomic E-state index is 12.6. The van der Waals surface area contributed by atoms with Crippen molar-refractivity contribution in [2.24, 2.45) is 0 Å². The summed E-state index contributed by atoms with van der Waals surface area (Å²) in [6.45, 7) is 0.732. The summed E-state index contributed by atoms with van der Waals surface area (Å²) in [6, 6.07) is 14.9. The lowest BCUT2D eigenvalue weighted by molar-refractivity contribution is -0.134. The second kappa shape index (κ2) is 11.0. The molecular formula is C21H26IN3O3. The van der Waals surface area contributed by atoms with Gasteiger partial charge in [0.15, 0.2) is 0 Å². The Balaban J connectivity index is 2.00. The summed E-state index contributed by atoms with van der Waals surface area (Å²) in [5.41, 5.74) is 2.06. The van der Waals surface area contributed by atoms with Crippen LogP contribution < -0.4 is 15.4 Å². The fourth-order valence-corrected chi connectivity index (χ4v) is 3.56. The minimum Gasteiger partial charge on any atom is -0.496 e. The van der Waals surface area contributed by atoms with E-state index in [1.165, 1.54) is 4.90 Å². The van der Waals surface area contributed by atoms with E-state index < -0.39 is 6.04 Å². The van der Waals surface area contributed by atoms with Crippen LogP contribution >= 0.6 is 22.6 Å². The number of likely N-dealkylation sites (N-methyl/N-ethyl adjacent to an activating group) is 1. The molecule has 0 aliphatic heterocycles. The summed E-state index contributed by atoms with van der Waals surface area (Å²) in [5.74, 6) is 0.397. The van der Waals surface area contributed by atoms with Gasteiger partial charge in [-0.3, -0.25) is 9.59 Å². The molecule has 0 aromatic heterocycles. The van der Waals surface area contributed by atoms with Gasteiger partial charge in [0.1, 0.15) is 11.8 Å². The lowest BCUT2D eigenvalue weighted by Crippen LogP contribution is -2.49. The second-order valence-electron chi connectivity index (χ2n) is 6.58. The Bertz CT molecular complexity index is 797. The number of hydrogen-bond donors (Lipinski definition) is 2. The molecule has 0 bridgehead atoms. The molecule has 0 aliphatic rings. The van der Waals surface area contributed by atoms with Crippen molar-refractivity contribution in [3.05, 3.63) is 63.2 Å². The molecule has 0 spiro atoms. The number of methoxy groups -OCH3 is 1. The first-order valence-electron chi connectivity index (χ1n) is 8.99. The summed E-state index contributed by atoms with van der Waals surface area (Å²) in [5, 5.41) is 5.97. The molecule has 150 valence electrons. The number of carbonyl (C=O) groups excluding carboxylic acids is 2. The van der Waals surface area contributed by atoms with Gasteiger partial charge in [0.05, 0.1) is 17.2 Å². The first-order chi connectivity index (χ1) is 13.4. The Kier molecular flexibility index (Phi) is 8.72. The Hall–Kier alpha value is -2.13. The van der Waals surface area contributed by atoms with Gasteiger partial charge >= 0.3 is 0 Å². The normalized spacial score (nSPS) is 11.6. The number of carbonyl (C=O) groups is 2. The van der Waals surface area contributed by atoms with Crippen LogP contribution in [0.5, 0.6) is 5.75 Å². The van der Waals surface area contributed by atoms with Crippen molar-refractivity contribution in [1.29, 1.82) is 0 Å². The standard InChI is InChI=1S/C21H26IN3O3/c1-25(2)21(27)17(12-16-10-7-11-18(28-3)20(16)22)24-19(26)14-23-13-15-8-5-4-6-9-15/h4-11,17,23H,12-14H2,1-3H3,(H,24,26). The monoisotopic (exact) mass is 495 g/mol. The number of nitrogens with one attached hydrogen (secondary N) is 2. The average Bonchev–Trinajstić information content (AvgIpc) is 2.69. The molecule has 1 atom stereocenters. The third kappa shape index (κ3) is 6.49. The molecule has 2 N–H and O–H groups in total. The number of nitrogens with zero attached hydrogens (tertiary/aromatic N) is 1. The van der Waals surface area contributed by atoms with Gasteiger partial charge in [-0.25, -0.2) is 0 Å². The SMILES string of the molecule is COc1cccc(CC(NC(=O)CNCc2ccccc2)C(=O)N(C)C)c1I. The van der Waals surface area contributed by atoms with Gasteiger partial charge in [-0.2, -0.15) is 0 Å². The van der Waals surface area contributed by atoms with E-state index in [1.807, 2.05) is 48.5 Å². The van der Waals surface area contributed by atoms with Crippen molar-refractivity contribution in [2.45, 2.75) is 19.0 Å². The molecule has 2 rings (SSSR count). The molecule has 7 heteroatoms. The summed E-state index contributed by atoms with van der Waals surface area (Å²) in [6.07, 6.45) is 0.400. The predicted octanol–water partition coefficient (Wildman–Crippen LogP) is 2.21. The smallest absolute Gasteiger partial charge is 0.244 e. The summed E-state index contributed by atoms with van der Waals surface area (Å²) in [7, 11) is 4.99. The van der Waals surface area contributed by atoms with Crippen LogP contribution in [0.2, 0.25) is 0 Å². The Morgan fingerprint density at radius 2 is 1.82 bits per heavy atom. The fraction of sp³-hybridized carbons (Fsp3) is 0.333. The molecule has 28 heavy (non-hydrogen) atoms. The van der Waals surface area contributed by atoms with Crippen LogP contribution in [-0.4, -0.2) is 50.5 Å². The zero-order valence-electron chi connectivity index (χ0n) is 16.4. The maximum Gasteiger partial charge on any atom is 0.244 e. The van der Waals surface area contributed by atoms with Crippen LogP contribution in [0.25, 0.3) is 0 Å². The summed E-state index contributed by atoms with van der Waals surface area (Å²) >= 11 is 2.20. The van der Waals surface area contributed by atoms with E-state index in [-0.39, 0.29) is 18.4 Å². The lowest BCUT2D eigenvalue weighted by atomic mass is 10.0.